The highest BCUT2D eigenvalue weighted by molar-refractivity contribution is 8.01. The van der Waals surface area contributed by atoms with Crippen LogP contribution < -0.4 is 5.32 Å². The van der Waals surface area contributed by atoms with Gasteiger partial charge in [0.25, 0.3) is 0 Å². The number of hydrogen-bond acceptors (Lipinski definition) is 4. The molecule has 1 N–H and O–H groups in total. The third-order valence-corrected chi connectivity index (χ3v) is 6.87. The summed E-state index contributed by atoms with van der Waals surface area (Å²) in [6.45, 7) is 6.05. The molecular formula is C19H19N3OS2. The molecule has 0 fully saturated rings. The first-order valence-corrected chi connectivity index (χ1v) is 10.0. The average Bonchev–Trinajstić information content (AvgIpc) is 3.19. The topological polar surface area (TPSA) is 46.9 Å². The molecule has 0 saturated heterocycles. The molecular weight excluding hydrogens is 350 g/mol. The van der Waals surface area contributed by atoms with Crippen LogP contribution in [0.2, 0.25) is 0 Å². The number of amides is 1. The first-order chi connectivity index (χ1) is 12.0. The molecule has 3 aromatic rings. The SMILES string of the molecule is Cc1ccc(-n2nc(C)c3c2NC(=O)[C@H](C)S[C@H]3c2cccs2)cc1. The number of hydrogen-bond donors (Lipinski definition) is 1. The quantitative estimate of drug-likeness (QED) is 0.711. The number of carbonyl (C=O) groups excluding carboxylic acids is 1. The Morgan fingerprint density at radius 3 is 2.60 bits per heavy atom. The van der Waals surface area contributed by atoms with E-state index in [-0.39, 0.29) is 16.4 Å². The maximum atomic E-state index is 12.6. The van der Waals surface area contributed by atoms with E-state index in [0.717, 1.165) is 22.8 Å². The van der Waals surface area contributed by atoms with Gasteiger partial charge in [-0.25, -0.2) is 4.68 Å². The molecule has 0 unspecified atom stereocenters. The Hall–Kier alpha value is -2.05. The van der Waals surface area contributed by atoms with Crippen molar-refractivity contribution in [3.8, 4) is 5.69 Å². The summed E-state index contributed by atoms with van der Waals surface area (Å²) >= 11 is 3.41. The number of fused-ring (bicyclic) bond motifs is 1. The summed E-state index contributed by atoms with van der Waals surface area (Å²) in [4.78, 5) is 13.8. The van der Waals surface area contributed by atoms with Crippen molar-refractivity contribution in [1.29, 1.82) is 0 Å². The maximum Gasteiger partial charge on any atom is 0.238 e. The van der Waals surface area contributed by atoms with Crippen molar-refractivity contribution in [2.45, 2.75) is 31.3 Å². The van der Waals surface area contributed by atoms with Crippen LogP contribution in [0.1, 0.15) is 33.9 Å². The van der Waals surface area contributed by atoms with Gasteiger partial charge in [0, 0.05) is 10.4 Å². The lowest BCUT2D eigenvalue weighted by Crippen LogP contribution is -2.22. The molecule has 1 aliphatic heterocycles. The van der Waals surface area contributed by atoms with E-state index in [9.17, 15) is 4.79 Å². The first kappa shape index (κ1) is 16.4. The zero-order chi connectivity index (χ0) is 17.6. The highest BCUT2D eigenvalue weighted by Crippen LogP contribution is 2.47. The van der Waals surface area contributed by atoms with Crippen LogP contribution in [-0.2, 0) is 4.79 Å². The smallest absolute Gasteiger partial charge is 0.238 e. The van der Waals surface area contributed by atoms with Crippen molar-refractivity contribution in [2.24, 2.45) is 0 Å². The van der Waals surface area contributed by atoms with Crippen LogP contribution in [0.3, 0.4) is 0 Å². The average molecular weight is 370 g/mol. The Morgan fingerprint density at radius 1 is 1.16 bits per heavy atom. The highest BCUT2D eigenvalue weighted by Gasteiger charge is 2.34. The number of anilines is 1. The molecule has 6 heteroatoms. The second-order valence-electron chi connectivity index (χ2n) is 6.26. The molecule has 0 saturated carbocycles. The van der Waals surface area contributed by atoms with Gasteiger partial charge in [0.1, 0.15) is 5.82 Å². The second kappa shape index (κ2) is 6.35. The van der Waals surface area contributed by atoms with E-state index in [0.29, 0.717) is 0 Å². The molecule has 1 amide bonds. The third-order valence-electron chi connectivity index (χ3n) is 4.40. The molecule has 4 rings (SSSR count). The number of carbonyl (C=O) groups is 1. The molecule has 4 nitrogen and oxygen atoms in total. The highest BCUT2D eigenvalue weighted by atomic mass is 32.2. The molecule has 1 aliphatic rings. The molecule has 3 heterocycles. The number of thioether (sulfide) groups is 1. The Balaban J connectivity index is 1.90. The van der Waals surface area contributed by atoms with E-state index in [1.54, 1.807) is 23.1 Å². The van der Waals surface area contributed by atoms with Gasteiger partial charge in [0.05, 0.1) is 21.9 Å². The molecule has 0 spiro atoms. The number of aromatic nitrogens is 2. The molecule has 0 aliphatic carbocycles. The molecule has 0 radical (unpaired) electrons. The van der Waals surface area contributed by atoms with E-state index < -0.39 is 0 Å². The molecule has 1 aromatic carbocycles. The normalized spacial score (nSPS) is 20.0. The van der Waals surface area contributed by atoms with Crippen LogP contribution in [0, 0.1) is 13.8 Å². The Labute approximate surface area is 155 Å². The van der Waals surface area contributed by atoms with Crippen LogP contribution in [0.5, 0.6) is 0 Å². The van der Waals surface area contributed by atoms with Gasteiger partial charge in [-0.2, -0.15) is 5.10 Å². The standard InChI is InChI=1S/C19H19N3OS2/c1-11-6-8-14(9-7-11)22-18-16(12(2)21-22)17(15-5-4-10-24-15)25-13(3)19(23)20-18/h4-10,13,17H,1-3H3,(H,20,23)/t13-,17-/m0/s1. The summed E-state index contributed by atoms with van der Waals surface area (Å²) in [6.07, 6.45) is 0. The van der Waals surface area contributed by atoms with Crippen LogP contribution in [0.25, 0.3) is 5.69 Å². The van der Waals surface area contributed by atoms with Crippen molar-refractivity contribution in [3.63, 3.8) is 0 Å². The van der Waals surface area contributed by atoms with Crippen molar-refractivity contribution in [1.82, 2.24) is 9.78 Å². The molecule has 2 aromatic heterocycles. The van der Waals surface area contributed by atoms with E-state index >= 15 is 0 Å². The fourth-order valence-corrected chi connectivity index (χ4v) is 5.32. The third kappa shape index (κ3) is 2.89. The van der Waals surface area contributed by atoms with Gasteiger partial charge in [0.15, 0.2) is 0 Å². The fraction of sp³-hybridized carbons (Fsp3) is 0.263. The number of rotatable bonds is 2. The summed E-state index contributed by atoms with van der Waals surface area (Å²) in [6, 6.07) is 12.4. The minimum Gasteiger partial charge on any atom is -0.309 e. The lowest BCUT2D eigenvalue weighted by molar-refractivity contribution is -0.115. The van der Waals surface area contributed by atoms with Gasteiger partial charge in [-0.1, -0.05) is 23.8 Å². The fourth-order valence-electron chi connectivity index (χ4n) is 3.05. The van der Waals surface area contributed by atoms with E-state index in [4.69, 9.17) is 5.10 Å². The number of aryl methyl sites for hydroxylation is 2. The summed E-state index contributed by atoms with van der Waals surface area (Å²) in [5.74, 6) is 0.820. The van der Waals surface area contributed by atoms with Crippen LogP contribution in [0.15, 0.2) is 41.8 Å². The van der Waals surface area contributed by atoms with Gasteiger partial charge in [-0.15, -0.1) is 23.1 Å². The second-order valence-corrected chi connectivity index (χ2v) is 8.69. The van der Waals surface area contributed by atoms with Crippen LogP contribution in [-0.4, -0.2) is 20.9 Å². The van der Waals surface area contributed by atoms with Gasteiger partial charge in [-0.05, 0) is 44.4 Å². The van der Waals surface area contributed by atoms with Crippen LogP contribution in [0.4, 0.5) is 5.82 Å². The van der Waals surface area contributed by atoms with Crippen molar-refractivity contribution < 1.29 is 4.79 Å². The summed E-state index contributed by atoms with van der Waals surface area (Å²) in [7, 11) is 0. The number of nitrogens with zero attached hydrogens (tertiary/aromatic N) is 2. The van der Waals surface area contributed by atoms with Gasteiger partial charge < -0.3 is 5.32 Å². The number of thiophene rings is 1. The minimum absolute atomic E-state index is 0.0265. The van der Waals surface area contributed by atoms with Crippen molar-refractivity contribution in [2.75, 3.05) is 5.32 Å². The zero-order valence-corrected chi connectivity index (χ0v) is 15.9. The lowest BCUT2D eigenvalue weighted by atomic mass is 10.1. The zero-order valence-electron chi connectivity index (χ0n) is 14.3. The molecule has 128 valence electrons. The Bertz CT molecular complexity index is 913. The van der Waals surface area contributed by atoms with Gasteiger partial charge >= 0.3 is 0 Å². The maximum absolute atomic E-state index is 12.6. The van der Waals surface area contributed by atoms with E-state index in [1.807, 2.05) is 30.7 Å². The van der Waals surface area contributed by atoms with Crippen molar-refractivity contribution >= 4 is 34.8 Å². The van der Waals surface area contributed by atoms with Crippen molar-refractivity contribution in [3.05, 3.63) is 63.5 Å². The monoisotopic (exact) mass is 369 g/mol. The number of benzene rings is 1. The lowest BCUT2D eigenvalue weighted by Gasteiger charge is -2.15. The molecule has 2 atom stereocenters. The summed E-state index contributed by atoms with van der Waals surface area (Å²) in [5, 5.41) is 9.94. The summed E-state index contributed by atoms with van der Waals surface area (Å²) in [5.41, 5.74) is 4.21. The predicted molar refractivity (Wildman–Crippen MR) is 105 cm³/mol. The Kier molecular flexibility index (Phi) is 4.17. The van der Waals surface area contributed by atoms with Crippen LogP contribution >= 0.6 is 23.1 Å². The van der Waals surface area contributed by atoms with E-state index in [2.05, 4.69) is 41.9 Å². The Morgan fingerprint density at radius 2 is 1.92 bits per heavy atom. The largest absolute Gasteiger partial charge is 0.309 e. The first-order valence-electron chi connectivity index (χ1n) is 8.21. The minimum atomic E-state index is -0.120. The van der Waals surface area contributed by atoms with Gasteiger partial charge in [0.2, 0.25) is 5.91 Å². The van der Waals surface area contributed by atoms with Gasteiger partial charge in [-0.3, -0.25) is 4.79 Å². The molecule has 25 heavy (non-hydrogen) atoms. The van der Waals surface area contributed by atoms with E-state index in [1.165, 1.54) is 10.4 Å². The molecule has 0 bridgehead atoms. The summed E-state index contributed by atoms with van der Waals surface area (Å²) < 4.78 is 1.86. The predicted octanol–water partition coefficient (Wildman–Crippen LogP) is 4.71. The number of nitrogens with one attached hydrogen (secondary N) is 1.